The minimum atomic E-state index is -1.17. The molecule has 3 N–H and O–H groups in total. The van der Waals surface area contributed by atoms with E-state index in [0.717, 1.165) is 10.6 Å². The Morgan fingerprint density at radius 1 is 1.20 bits per heavy atom. The lowest BCUT2D eigenvalue weighted by Crippen LogP contribution is -2.14. The maximum atomic E-state index is 12.3. The molecule has 0 spiro atoms. The number of thiazole rings is 1. The maximum Gasteiger partial charge on any atom is 0.337 e. The van der Waals surface area contributed by atoms with Gasteiger partial charge in [-0.25, -0.2) is 9.78 Å². The van der Waals surface area contributed by atoms with Crippen LogP contribution >= 0.6 is 11.3 Å². The summed E-state index contributed by atoms with van der Waals surface area (Å²) in [6.07, 6.45) is 0. The molecule has 1 amide bonds. The predicted octanol–water partition coefficient (Wildman–Crippen LogP) is 3.97. The third kappa shape index (κ3) is 4.48. The van der Waals surface area contributed by atoms with Crippen molar-refractivity contribution in [3.8, 4) is 0 Å². The standard InChI is InChI=1S/C16H16N4O4S/c1-8-10(3)25-16(17-8)18-14(22)13(9(2)21)20-19-12-7-5-4-6-11(12)15(23)24/h4-7,21H,1-3H3,(H,23,24)(H,17,18,22). The van der Waals surface area contributed by atoms with Crippen molar-refractivity contribution in [1.29, 1.82) is 0 Å². The zero-order valence-corrected chi connectivity index (χ0v) is 14.6. The molecular formula is C16H16N4O4S. The number of aromatic carboxylic acids is 1. The van der Waals surface area contributed by atoms with E-state index in [2.05, 4.69) is 20.5 Å². The number of amides is 1. The van der Waals surface area contributed by atoms with E-state index in [0.29, 0.717) is 5.13 Å². The number of benzene rings is 1. The topological polar surface area (TPSA) is 124 Å². The summed E-state index contributed by atoms with van der Waals surface area (Å²) < 4.78 is 0. The molecule has 0 fully saturated rings. The molecular weight excluding hydrogens is 344 g/mol. The number of carboxylic acids is 1. The number of nitrogens with zero attached hydrogens (tertiary/aromatic N) is 3. The first-order valence-electron chi connectivity index (χ1n) is 7.19. The average Bonchev–Trinajstić information content (AvgIpc) is 2.85. The van der Waals surface area contributed by atoms with Gasteiger partial charge in [0.1, 0.15) is 11.4 Å². The maximum absolute atomic E-state index is 12.3. The highest BCUT2D eigenvalue weighted by atomic mass is 32.1. The fraction of sp³-hybridized carbons (Fsp3) is 0.188. The number of aliphatic hydroxyl groups is 1. The second kappa shape index (κ2) is 7.67. The van der Waals surface area contributed by atoms with Gasteiger partial charge in [-0.05, 0) is 32.9 Å². The molecule has 1 aromatic carbocycles. The summed E-state index contributed by atoms with van der Waals surface area (Å²) in [5.41, 5.74) is 0.476. The molecule has 0 saturated carbocycles. The normalized spacial score (nSPS) is 12.1. The Hall–Kier alpha value is -3.07. The van der Waals surface area contributed by atoms with Gasteiger partial charge in [0.2, 0.25) is 0 Å². The molecule has 9 heteroatoms. The number of hydrogen-bond donors (Lipinski definition) is 3. The predicted molar refractivity (Wildman–Crippen MR) is 93.5 cm³/mol. The number of nitrogens with one attached hydrogen (secondary N) is 1. The van der Waals surface area contributed by atoms with E-state index in [1.165, 1.54) is 30.4 Å². The summed E-state index contributed by atoms with van der Waals surface area (Å²) >= 11 is 1.30. The van der Waals surface area contributed by atoms with Crippen LogP contribution in [0.2, 0.25) is 0 Å². The van der Waals surface area contributed by atoms with Crippen LogP contribution in [0.25, 0.3) is 0 Å². The number of carbonyl (C=O) groups is 2. The van der Waals surface area contributed by atoms with Crippen LogP contribution in [0.15, 0.2) is 46.0 Å². The van der Waals surface area contributed by atoms with E-state index in [-0.39, 0.29) is 22.7 Å². The Labute approximate surface area is 147 Å². The molecule has 2 rings (SSSR count). The molecule has 8 nitrogen and oxygen atoms in total. The number of carboxylic acid groups (broad SMARTS) is 1. The Bertz CT molecular complexity index is 863. The van der Waals surface area contributed by atoms with Gasteiger partial charge in [0.25, 0.3) is 5.91 Å². The van der Waals surface area contributed by atoms with Gasteiger partial charge in [0.05, 0.1) is 11.3 Å². The van der Waals surface area contributed by atoms with Crippen molar-refractivity contribution >= 4 is 34.0 Å². The first-order chi connectivity index (χ1) is 11.8. The van der Waals surface area contributed by atoms with E-state index >= 15 is 0 Å². The molecule has 0 aliphatic heterocycles. The first kappa shape index (κ1) is 18.3. The monoisotopic (exact) mass is 360 g/mol. The van der Waals surface area contributed by atoms with Gasteiger partial charge >= 0.3 is 5.97 Å². The molecule has 0 aliphatic rings. The quantitative estimate of drug-likeness (QED) is 0.423. The molecule has 0 aliphatic carbocycles. The molecule has 0 unspecified atom stereocenters. The van der Waals surface area contributed by atoms with Crippen LogP contribution in [0.4, 0.5) is 10.8 Å². The van der Waals surface area contributed by atoms with Crippen molar-refractivity contribution in [2.75, 3.05) is 5.32 Å². The number of aromatic nitrogens is 1. The fourth-order valence-corrected chi connectivity index (χ4v) is 2.62. The van der Waals surface area contributed by atoms with E-state index in [1.807, 2.05) is 13.8 Å². The molecule has 0 saturated heterocycles. The third-order valence-corrected chi connectivity index (χ3v) is 4.19. The van der Waals surface area contributed by atoms with Gasteiger partial charge in [-0.1, -0.05) is 12.1 Å². The van der Waals surface area contributed by atoms with Crippen molar-refractivity contribution in [2.24, 2.45) is 10.2 Å². The van der Waals surface area contributed by atoms with Gasteiger partial charge in [0.15, 0.2) is 10.8 Å². The molecule has 1 heterocycles. The van der Waals surface area contributed by atoms with Crippen LogP contribution < -0.4 is 5.32 Å². The van der Waals surface area contributed by atoms with Crippen molar-refractivity contribution in [1.82, 2.24) is 4.98 Å². The largest absolute Gasteiger partial charge is 0.510 e. The number of aryl methyl sites for hydroxylation is 2. The zero-order chi connectivity index (χ0) is 18.6. The highest BCUT2D eigenvalue weighted by molar-refractivity contribution is 7.15. The number of allylic oxidation sites excluding steroid dienone is 1. The van der Waals surface area contributed by atoms with Crippen molar-refractivity contribution < 1.29 is 19.8 Å². The Morgan fingerprint density at radius 3 is 2.44 bits per heavy atom. The minimum absolute atomic E-state index is 0.0622. The molecule has 2 aromatic rings. The molecule has 1 aromatic heterocycles. The van der Waals surface area contributed by atoms with Crippen LogP contribution in [0.5, 0.6) is 0 Å². The van der Waals surface area contributed by atoms with Gasteiger partial charge in [-0.15, -0.1) is 21.6 Å². The second-order valence-corrected chi connectivity index (χ2v) is 6.27. The number of rotatable bonds is 5. The van der Waals surface area contributed by atoms with Crippen LogP contribution in [-0.4, -0.2) is 27.1 Å². The van der Waals surface area contributed by atoms with Gasteiger partial charge in [-0.2, -0.15) is 0 Å². The van der Waals surface area contributed by atoms with Crippen molar-refractivity contribution in [3.63, 3.8) is 0 Å². The van der Waals surface area contributed by atoms with E-state index in [9.17, 15) is 14.7 Å². The zero-order valence-electron chi connectivity index (χ0n) is 13.8. The smallest absolute Gasteiger partial charge is 0.337 e. The number of carbonyl (C=O) groups excluding carboxylic acids is 1. The number of azo groups is 1. The van der Waals surface area contributed by atoms with Crippen molar-refractivity contribution in [2.45, 2.75) is 20.8 Å². The highest BCUT2D eigenvalue weighted by Crippen LogP contribution is 2.23. The Morgan fingerprint density at radius 2 is 1.88 bits per heavy atom. The highest BCUT2D eigenvalue weighted by Gasteiger charge is 2.16. The van der Waals surface area contributed by atoms with Crippen LogP contribution in [0.1, 0.15) is 27.9 Å². The lowest BCUT2D eigenvalue weighted by molar-refractivity contribution is -0.113. The summed E-state index contributed by atoms with van der Waals surface area (Å²) in [5.74, 6) is -2.21. The van der Waals surface area contributed by atoms with E-state index in [1.54, 1.807) is 12.1 Å². The van der Waals surface area contributed by atoms with Crippen LogP contribution in [0.3, 0.4) is 0 Å². The van der Waals surface area contributed by atoms with E-state index < -0.39 is 11.9 Å². The Balaban J connectivity index is 2.26. The average molecular weight is 360 g/mol. The SMILES string of the molecule is CC(O)=C(N=Nc1ccccc1C(=O)O)C(=O)Nc1nc(C)c(C)s1. The molecule has 0 atom stereocenters. The summed E-state index contributed by atoms with van der Waals surface area (Å²) in [6, 6.07) is 5.96. The summed E-state index contributed by atoms with van der Waals surface area (Å²) in [4.78, 5) is 28.6. The second-order valence-electron chi connectivity index (χ2n) is 5.07. The lowest BCUT2D eigenvalue weighted by Gasteiger charge is -2.03. The number of hydrogen-bond acceptors (Lipinski definition) is 7. The fourth-order valence-electron chi connectivity index (χ4n) is 1.81. The molecule has 130 valence electrons. The number of aliphatic hydroxyl groups excluding tert-OH is 1. The van der Waals surface area contributed by atoms with Gasteiger partial charge in [-0.3, -0.25) is 10.1 Å². The third-order valence-electron chi connectivity index (χ3n) is 3.20. The van der Waals surface area contributed by atoms with Crippen LogP contribution in [0, 0.1) is 13.8 Å². The molecule has 0 bridgehead atoms. The molecule has 25 heavy (non-hydrogen) atoms. The molecule has 0 radical (unpaired) electrons. The van der Waals surface area contributed by atoms with Gasteiger partial charge in [0, 0.05) is 4.88 Å². The summed E-state index contributed by atoms with van der Waals surface area (Å²) in [6.45, 7) is 4.98. The summed E-state index contributed by atoms with van der Waals surface area (Å²) in [7, 11) is 0. The van der Waals surface area contributed by atoms with E-state index in [4.69, 9.17) is 5.11 Å². The van der Waals surface area contributed by atoms with Gasteiger partial charge < -0.3 is 10.2 Å². The Kier molecular flexibility index (Phi) is 5.60. The van der Waals surface area contributed by atoms with Crippen molar-refractivity contribution in [3.05, 3.63) is 51.9 Å². The summed E-state index contributed by atoms with van der Waals surface area (Å²) in [5, 5.41) is 29.2. The minimum Gasteiger partial charge on any atom is -0.510 e. The first-order valence-corrected chi connectivity index (χ1v) is 8.00. The number of anilines is 1. The van der Waals surface area contributed by atoms with Crippen LogP contribution in [-0.2, 0) is 4.79 Å². The lowest BCUT2D eigenvalue weighted by atomic mass is 10.2.